The van der Waals surface area contributed by atoms with E-state index in [-0.39, 0.29) is 6.10 Å². The Morgan fingerprint density at radius 2 is 2.36 bits per heavy atom. The number of aromatic nitrogens is 2. The van der Waals surface area contributed by atoms with Gasteiger partial charge in [-0.25, -0.2) is 0 Å². The van der Waals surface area contributed by atoms with Crippen molar-refractivity contribution < 1.29 is 29.8 Å². The van der Waals surface area contributed by atoms with Gasteiger partial charge in [-0.3, -0.25) is 0 Å². The van der Waals surface area contributed by atoms with E-state index in [1.54, 1.807) is 0 Å². The molecule has 3 N–H and O–H groups in total. The molecule has 2 atom stereocenters. The number of anilines is 1. The summed E-state index contributed by atoms with van der Waals surface area (Å²) < 4.78 is 5.84. The van der Waals surface area contributed by atoms with Crippen LogP contribution in [0.25, 0.3) is 0 Å². The van der Waals surface area contributed by atoms with Gasteiger partial charge in [0, 0.05) is 0 Å². The van der Waals surface area contributed by atoms with Gasteiger partial charge in [0.2, 0.25) is 0 Å². The molecule has 5 nitrogen and oxygen atoms in total. The van der Waals surface area contributed by atoms with Gasteiger partial charge in [-0.15, -0.1) is 0 Å². The van der Waals surface area contributed by atoms with Crippen LogP contribution < -0.4 is 30.4 Å². The number of nitrogens with two attached hydrogens (primary N) is 1. The van der Waals surface area contributed by atoms with Crippen LogP contribution in [0, 0.1) is 0 Å². The third kappa shape index (κ3) is 2.45. The van der Waals surface area contributed by atoms with Crippen LogP contribution in [0.5, 0.6) is 5.19 Å². The van der Waals surface area contributed by atoms with Gasteiger partial charge in [-0.2, -0.15) is 0 Å². The molecule has 2 rings (SSSR count). The molecule has 14 heavy (non-hydrogen) atoms. The average molecular weight is 328 g/mol. The molecule has 0 radical (unpaired) electrons. The molecule has 0 saturated heterocycles. The van der Waals surface area contributed by atoms with Crippen molar-refractivity contribution in [1.29, 1.82) is 0 Å². The van der Waals surface area contributed by atoms with Gasteiger partial charge in [-0.1, -0.05) is 0 Å². The third-order valence-electron chi connectivity index (χ3n) is 2.04. The van der Waals surface area contributed by atoms with Crippen LogP contribution in [0.4, 0.5) is 5.13 Å². The van der Waals surface area contributed by atoms with Crippen LogP contribution in [-0.2, 0) is 0 Å². The summed E-state index contributed by atoms with van der Waals surface area (Å²) in [7, 11) is 0. The molecule has 0 spiro atoms. The van der Waals surface area contributed by atoms with E-state index in [0.717, 1.165) is 19.3 Å². The Labute approximate surface area is 96.5 Å². The molecule has 0 bridgehead atoms. The number of nitrogen functional groups attached to an aromatic ring is 1. The first-order valence-electron chi connectivity index (χ1n) is 4.33. The quantitative estimate of drug-likeness (QED) is 0.470. The molecule has 1 aromatic rings. The van der Waals surface area contributed by atoms with E-state index >= 15 is 0 Å². The van der Waals surface area contributed by atoms with E-state index in [1.165, 1.54) is 11.3 Å². The summed E-state index contributed by atoms with van der Waals surface area (Å²) in [4.78, 5) is 0. The van der Waals surface area contributed by atoms with Gasteiger partial charge in [-0.05, 0) is 0 Å². The minimum absolute atomic E-state index is 0.173. The van der Waals surface area contributed by atoms with Crippen LogP contribution in [0.15, 0.2) is 0 Å². The minimum atomic E-state index is -0.482. The Morgan fingerprint density at radius 1 is 1.50 bits per heavy atom. The SMILES string of the molecule is Nc1nnc(O[I-][C@H]2CCC[C@@H]2O)s1. The topological polar surface area (TPSA) is 81.3 Å². The second kappa shape index (κ2) is 4.58. The number of nitrogens with zero attached hydrogens (tertiary/aromatic N) is 2. The predicted octanol–water partition coefficient (Wildman–Crippen LogP) is -2.58. The van der Waals surface area contributed by atoms with Gasteiger partial charge in [0.1, 0.15) is 0 Å². The fourth-order valence-electron chi connectivity index (χ4n) is 1.35. The van der Waals surface area contributed by atoms with Crippen LogP contribution in [0.2, 0.25) is 0 Å². The Morgan fingerprint density at radius 3 is 2.93 bits per heavy atom. The van der Waals surface area contributed by atoms with Gasteiger partial charge in [0.15, 0.2) is 0 Å². The number of rotatable bonds is 3. The Balaban J connectivity index is 1.82. The molecule has 1 aliphatic rings. The molecule has 0 aliphatic heterocycles. The predicted molar refractivity (Wildman–Crippen MR) is 48.6 cm³/mol. The summed E-state index contributed by atoms with van der Waals surface area (Å²) in [5.74, 6) is 0. The molecular weight excluding hydrogens is 317 g/mol. The van der Waals surface area contributed by atoms with Crippen LogP contribution in [0.1, 0.15) is 19.3 Å². The third-order valence-corrected chi connectivity index (χ3v) is 5.75. The molecule has 7 heteroatoms. The molecule has 80 valence electrons. The molecule has 1 fully saturated rings. The molecule has 1 aromatic heterocycles. The first kappa shape index (κ1) is 10.4. The fourth-order valence-corrected chi connectivity index (χ4v) is 4.26. The Hall–Kier alpha value is -0.150. The summed E-state index contributed by atoms with van der Waals surface area (Å²) >= 11 is 0.770. The molecule has 0 aromatic carbocycles. The summed E-state index contributed by atoms with van der Waals surface area (Å²) in [5, 5.41) is 18.0. The summed E-state index contributed by atoms with van der Waals surface area (Å²) in [6.45, 7) is 0. The molecule has 1 heterocycles. The van der Waals surface area contributed by atoms with Gasteiger partial charge >= 0.3 is 96.7 Å². The zero-order valence-corrected chi connectivity index (χ0v) is 10.4. The molecule has 1 saturated carbocycles. The van der Waals surface area contributed by atoms with E-state index in [9.17, 15) is 5.11 Å². The van der Waals surface area contributed by atoms with Gasteiger partial charge in [0.25, 0.3) is 0 Å². The zero-order chi connectivity index (χ0) is 9.97. The van der Waals surface area contributed by atoms with Crippen molar-refractivity contribution >= 4 is 16.5 Å². The van der Waals surface area contributed by atoms with E-state index in [4.69, 9.17) is 8.80 Å². The van der Waals surface area contributed by atoms with Crippen molar-refractivity contribution in [3.8, 4) is 5.19 Å². The number of aliphatic hydroxyl groups is 1. The summed E-state index contributed by atoms with van der Waals surface area (Å²) in [5.41, 5.74) is 5.42. The van der Waals surface area contributed by atoms with E-state index < -0.39 is 21.6 Å². The van der Waals surface area contributed by atoms with Gasteiger partial charge < -0.3 is 0 Å². The molecule has 1 aliphatic carbocycles. The molecule has 0 amide bonds. The van der Waals surface area contributed by atoms with Crippen molar-refractivity contribution in [3.63, 3.8) is 0 Å². The second-order valence-corrected chi connectivity index (χ2v) is 6.61. The van der Waals surface area contributed by atoms with Crippen LogP contribution >= 0.6 is 11.3 Å². The van der Waals surface area contributed by atoms with Gasteiger partial charge in [0.05, 0.1) is 0 Å². The zero-order valence-electron chi connectivity index (χ0n) is 7.39. The maximum absolute atomic E-state index is 9.56. The number of halogens is 1. The van der Waals surface area contributed by atoms with E-state index in [1.807, 2.05) is 0 Å². The van der Waals surface area contributed by atoms with Crippen molar-refractivity contribution in [3.05, 3.63) is 0 Å². The molecule has 0 unspecified atom stereocenters. The number of alkyl halides is 1. The normalized spacial score (nSPS) is 26.9. The number of aliphatic hydroxyl groups excluding tert-OH is 1. The van der Waals surface area contributed by atoms with Crippen LogP contribution in [-0.4, -0.2) is 25.3 Å². The standard InChI is InChI=1S/C7H11IN3O2S/c9-6-10-11-7(14-6)13-8-4-2-1-3-5(4)12/h4-5,12H,1-3H2,(H2,9,10)/q-1/t4-,5-/m0/s1. The van der Waals surface area contributed by atoms with Crippen molar-refractivity contribution in [2.45, 2.75) is 29.3 Å². The van der Waals surface area contributed by atoms with Crippen molar-refractivity contribution in [2.24, 2.45) is 0 Å². The molecular formula is C7H11IN3O2S-. The van der Waals surface area contributed by atoms with Crippen LogP contribution in [0.3, 0.4) is 0 Å². The first-order valence-corrected chi connectivity index (χ1v) is 7.27. The van der Waals surface area contributed by atoms with E-state index in [2.05, 4.69) is 10.2 Å². The first-order chi connectivity index (χ1) is 6.75. The summed E-state index contributed by atoms with van der Waals surface area (Å²) in [6.07, 6.45) is 2.91. The number of hydrogen-bond donors (Lipinski definition) is 2. The Kier molecular flexibility index (Phi) is 3.39. The fraction of sp³-hybridized carbons (Fsp3) is 0.714. The van der Waals surface area contributed by atoms with E-state index in [0.29, 0.717) is 14.2 Å². The number of hydrogen-bond acceptors (Lipinski definition) is 6. The Bertz CT molecular complexity index is 309. The van der Waals surface area contributed by atoms with Crippen molar-refractivity contribution in [1.82, 2.24) is 10.2 Å². The maximum atomic E-state index is 9.56. The monoisotopic (exact) mass is 328 g/mol. The second-order valence-electron chi connectivity index (χ2n) is 3.09. The average Bonchev–Trinajstić information content (AvgIpc) is 2.72. The van der Waals surface area contributed by atoms with Crippen molar-refractivity contribution in [2.75, 3.05) is 5.73 Å². The summed E-state index contributed by atoms with van der Waals surface area (Å²) in [6, 6.07) is 0.